The van der Waals surface area contributed by atoms with Crippen LogP contribution in [0.4, 0.5) is 0 Å². The largest absolute Gasteiger partial charge is 0.496 e. The molecule has 1 unspecified atom stereocenters. The zero-order valence-electron chi connectivity index (χ0n) is 9.33. The fourth-order valence-corrected chi connectivity index (χ4v) is 2.17. The highest BCUT2D eigenvalue weighted by Gasteiger charge is 2.15. The third-order valence-corrected chi connectivity index (χ3v) is 3.23. The maximum atomic E-state index is 9.32. The first-order valence-corrected chi connectivity index (χ1v) is 5.83. The Hall–Kier alpha value is -0.540. The monoisotopic (exact) mass is 272 g/mol. The van der Waals surface area contributed by atoms with Crippen molar-refractivity contribution < 1.29 is 9.84 Å². The van der Waals surface area contributed by atoms with Gasteiger partial charge in [0, 0.05) is 5.92 Å². The van der Waals surface area contributed by atoms with Crippen LogP contribution in [0.5, 0.6) is 5.75 Å². The average molecular weight is 273 g/mol. The van der Waals surface area contributed by atoms with Crippen molar-refractivity contribution in [3.8, 4) is 5.75 Å². The fourth-order valence-electron chi connectivity index (χ4n) is 1.61. The topological polar surface area (TPSA) is 29.5 Å². The van der Waals surface area contributed by atoms with Gasteiger partial charge < -0.3 is 9.84 Å². The van der Waals surface area contributed by atoms with Gasteiger partial charge >= 0.3 is 0 Å². The molecule has 84 valence electrons. The van der Waals surface area contributed by atoms with Crippen molar-refractivity contribution in [2.75, 3.05) is 13.7 Å². The van der Waals surface area contributed by atoms with Crippen molar-refractivity contribution in [1.82, 2.24) is 0 Å². The van der Waals surface area contributed by atoms with Crippen LogP contribution >= 0.6 is 15.9 Å². The Labute approximate surface area is 99.4 Å². The van der Waals surface area contributed by atoms with Gasteiger partial charge in [0.15, 0.2) is 0 Å². The molecule has 1 N–H and O–H groups in total. The Kier molecular flexibility index (Phi) is 4.61. The van der Waals surface area contributed by atoms with Crippen LogP contribution in [0.25, 0.3) is 0 Å². The second-order valence-corrected chi connectivity index (χ2v) is 4.78. The van der Waals surface area contributed by atoms with Gasteiger partial charge in [0.2, 0.25) is 0 Å². The van der Waals surface area contributed by atoms with E-state index in [1.54, 1.807) is 7.11 Å². The highest BCUT2D eigenvalue weighted by Crippen LogP contribution is 2.31. The maximum absolute atomic E-state index is 9.32. The number of aliphatic hydroxyl groups is 1. The summed E-state index contributed by atoms with van der Waals surface area (Å²) in [6.07, 6.45) is 0. The third-order valence-electron chi connectivity index (χ3n) is 2.61. The molecular formula is C12H17BrO2. The number of halogens is 1. The summed E-state index contributed by atoms with van der Waals surface area (Å²) in [5, 5.41) is 9.32. The Balaban J connectivity index is 3.00. The highest BCUT2D eigenvalue weighted by atomic mass is 79.9. The fraction of sp³-hybridized carbons (Fsp3) is 0.500. The van der Waals surface area contributed by atoms with Gasteiger partial charge in [-0.3, -0.25) is 0 Å². The lowest BCUT2D eigenvalue weighted by molar-refractivity contribution is 0.237. The lowest BCUT2D eigenvalue weighted by Gasteiger charge is -2.19. The first kappa shape index (κ1) is 12.5. The normalized spacial score (nSPS) is 12.9. The number of hydrogen-bond acceptors (Lipinski definition) is 2. The summed E-state index contributed by atoms with van der Waals surface area (Å²) in [4.78, 5) is 0. The van der Waals surface area contributed by atoms with Crippen LogP contribution in [-0.2, 0) is 0 Å². The van der Waals surface area contributed by atoms with E-state index in [4.69, 9.17) is 4.74 Å². The molecule has 2 nitrogen and oxygen atoms in total. The van der Waals surface area contributed by atoms with Gasteiger partial charge in [0.05, 0.1) is 18.2 Å². The van der Waals surface area contributed by atoms with Gasteiger partial charge in [-0.2, -0.15) is 0 Å². The summed E-state index contributed by atoms with van der Waals surface area (Å²) in [5.74, 6) is 1.43. The standard InChI is InChI=1S/C12H17BrO2/c1-8(2)10(7-14)9-4-5-12(15-3)11(13)6-9/h4-6,8,10,14H,7H2,1-3H3. The predicted octanol–water partition coefficient (Wildman–Crippen LogP) is 3.19. The zero-order chi connectivity index (χ0) is 11.4. The minimum atomic E-state index is 0.177. The zero-order valence-corrected chi connectivity index (χ0v) is 10.9. The van der Waals surface area contributed by atoms with Crippen LogP contribution in [0, 0.1) is 5.92 Å². The Morgan fingerprint density at radius 1 is 1.40 bits per heavy atom. The molecule has 15 heavy (non-hydrogen) atoms. The van der Waals surface area contributed by atoms with E-state index in [0.717, 1.165) is 15.8 Å². The molecule has 0 heterocycles. The summed E-state index contributed by atoms with van der Waals surface area (Å²) in [6.45, 7) is 4.40. The van der Waals surface area contributed by atoms with Gasteiger partial charge in [-0.1, -0.05) is 19.9 Å². The van der Waals surface area contributed by atoms with E-state index < -0.39 is 0 Å². The van der Waals surface area contributed by atoms with Crippen molar-refractivity contribution in [3.05, 3.63) is 28.2 Å². The van der Waals surface area contributed by atoms with Gasteiger partial charge in [0.25, 0.3) is 0 Å². The molecule has 0 aliphatic heterocycles. The molecule has 0 spiro atoms. The van der Waals surface area contributed by atoms with Crippen LogP contribution in [0.3, 0.4) is 0 Å². The van der Waals surface area contributed by atoms with Crippen LogP contribution < -0.4 is 4.74 Å². The van der Waals surface area contributed by atoms with E-state index in [1.165, 1.54) is 0 Å². The molecule has 0 aromatic heterocycles. The minimum absolute atomic E-state index is 0.177. The number of hydrogen-bond donors (Lipinski definition) is 1. The van der Waals surface area contributed by atoms with Crippen molar-refractivity contribution in [1.29, 1.82) is 0 Å². The molecule has 0 aliphatic rings. The van der Waals surface area contributed by atoms with Crippen molar-refractivity contribution in [3.63, 3.8) is 0 Å². The van der Waals surface area contributed by atoms with Crippen LogP contribution in [0.2, 0.25) is 0 Å². The SMILES string of the molecule is COc1ccc(C(CO)C(C)C)cc1Br. The van der Waals surface area contributed by atoms with Gasteiger partial charge in [0.1, 0.15) is 5.75 Å². The van der Waals surface area contributed by atoms with Gasteiger partial charge in [-0.15, -0.1) is 0 Å². The smallest absolute Gasteiger partial charge is 0.133 e. The first-order chi connectivity index (χ1) is 7.10. The van der Waals surface area contributed by atoms with E-state index in [0.29, 0.717) is 5.92 Å². The van der Waals surface area contributed by atoms with Crippen molar-refractivity contribution in [2.45, 2.75) is 19.8 Å². The summed E-state index contributed by atoms with van der Waals surface area (Å²) < 4.78 is 6.10. The minimum Gasteiger partial charge on any atom is -0.496 e. The first-order valence-electron chi connectivity index (χ1n) is 5.04. The van der Waals surface area contributed by atoms with Gasteiger partial charge in [-0.25, -0.2) is 0 Å². The molecule has 0 saturated carbocycles. The van der Waals surface area contributed by atoms with Crippen LogP contribution in [0.15, 0.2) is 22.7 Å². The van der Waals surface area contributed by atoms with Crippen LogP contribution in [0.1, 0.15) is 25.3 Å². The number of ether oxygens (including phenoxy) is 1. The predicted molar refractivity (Wildman–Crippen MR) is 65.4 cm³/mol. The number of methoxy groups -OCH3 is 1. The molecule has 0 amide bonds. The average Bonchev–Trinajstić information content (AvgIpc) is 2.18. The molecule has 1 rings (SSSR count). The molecule has 0 aliphatic carbocycles. The summed E-state index contributed by atoms with van der Waals surface area (Å²) in [6, 6.07) is 5.94. The number of aliphatic hydroxyl groups excluding tert-OH is 1. The Morgan fingerprint density at radius 3 is 2.47 bits per heavy atom. The third kappa shape index (κ3) is 2.95. The lowest BCUT2D eigenvalue weighted by atomic mass is 9.89. The molecule has 0 bridgehead atoms. The second-order valence-electron chi connectivity index (χ2n) is 3.93. The lowest BCUT2D eigenvalue weighted by Crippen LogP contribution is -2.11. The van der Waals surface area contributed by atoms with E-state index >= 15 is 0 Å². The summed E-state index contributed by atoms with van der Waals surface area (Å²) in [5.41, 5.74) is 1.14. The summed E-state index contributed by atoms with van der Waals surface area (Å²) in [7, 11) is 1.64. The Morgan fingerprint density at radius 2 is 2.07 bits per heavy atom. The van der Waals surface area contributed by atoms with E-state index in [2.05, 4.69) is 29.8 Å². The highest BCUT2D eigenvalue weighted by molar-refractivity contribution is 9.10. The van der Waals surface area contributed by atoms with Crippen molar-refractivity contribution in [2.24, 2.45) is 5.92 Å². The number of benzene rings is 1. The maximum Gasteiger partial charge on any atom is 0.133 e. The molecule has 0 radical (unpaired) electrons. The van der Waals surface area contributed by atoms with Crippen LogP contribution in [-0.4, -0.2) is 18.8 Å². The number of rotatable bonds is 4. The molecular weight excluding hydrogens is 256 g/mol. The van der Waals surface area contributed by atoms with Crippen molar-refractivity contribution >= 4 is 15.9 Å². The molecule has 3 heteroatoms. The molecule has 1 aromatic carbocycles. The van der Waals surface area contributed by atoms with E-state index in [1.807, 2.05) is 18.2 Å². The molecule has 0 fully saturated rings. The van der Waals surface area contributed by atoms with E-state index in [9.17, 15) is 5.11 Å². The Bertz CT molecular complexity index is 323. The summed E-state index contributed by atoms with van der Waals surface area (Å²) >= 11 is 3.45. The quantitative estimate of drug-likeness (QED) is 0.912. The van der Waals surface area contributed by atoms with E-state index in [-0.39, 0.29) is 12.5 Å². The van der Waals surface area contributed by atoms with Gasteiger partial charge in [-0.05, 0) is 39.5 Å². The molecule has 0 saturated heterocycles. The second kappa shape index (κ2) is 5.52. The molecule has 1 atom stereocenters. The molecule has 1 aromatic rings.